The third-order valence-corrected chi connectivity index (χ3v) is 2.22. The molecule has 0 aliphatic carbocycles. The first-order valence-electron chi connectivity index (χ1n) is 4.68. The molecule has 0 atom stereocenters. The van der Waals surface area contributed by atoms with Gasteiger partial charge in [-0.15, -0.1) is 0 Å². The van der Waals surface area contributed by atoms with Gasteiger partial charge in [-0.3, -0.25) is 20.2 Å². The number of rotatable bonds is 4. The second-order valence-electron chi connectivity index (χ2n) is 3.06. The van der Waals surface area contributed by atoms with Crippen LogP contribution in [0, 0.1) is 20.2 Å². The molecule has 0 aromatic heterocycles. The topological polar surface area (TPSA) is 113 Å². The summed E-state index contributed by atoms with van der Waals surface area (Å²) in [7, 11) is 0. The van der Waals surface area contributed by atoms with Gasteiger partial charge in [0.25, 0.3) is 0 Å². The van der Waals surface area contributed by atoms with Crippen molar-refractivity contribution in [2.24, 2.45) is 0 Å². The molecule has 96 valence electrons. The number of halogens is 1. The van der Waals surface area contributed by atoms with E-state index in [1.807, 2.05) is 0 Å². The Labute approximate surface area is 105 Å². The first-order chi connectivity index (χ1) is 8.38. The number of carbonyl (C=O) groups is 1. The Morgan fingerprint density at radius 2 is 1.94 bits per heavy atom. The molecule has 1 aromatic rings. The minimum atomic E-state index is -0.979. The van der Waals surface area contributed by atoms with E-state index >= 15 is 0 Å². The number of benzene rings is 1. The molecular formula is C9H7ClN2O6. The molecule has 0 saturated heterocycles. The van der Waals surface area contributed by atoms with Crippen LogP contribution in [0.15, 0.2) is 12.1 Å². The Kier molecular flexibility index (Phi) is 4.16. The Morgan fingerprint density at radius 1 is 1.33 bits per heavy atom. The molecule has 0 amide bonds. The molecule has 8 nitrogen and oxygen atoms in total. The van der Waals surface area contributed by atoms with E-state index < -0.39 is 32.2 Å². The van der Waals surface area contributed by atoms with Gasteiger partial charge >= 0.3 is 17.3 Å². The van der Waals surface area contributed by atoms with Crippen LogP contribution in [0.1, 0.15) is 17.3 Å². The van der Waals surface area contributed by atoms with Crippen LogP contribution in [0.3, 0.4) is 0 Å². The van der Waals surface area contributed by atoms with Crippen LogP contribution in [-0.4, -0.2) is 22.4 Å². The minimum absolute atomic E-state index is 0.0707. The molecule has 0 aliphatic heterocycles. The fourth-order valence-corrected chi connectivity index (χ4v) is 1.52. The van der Waals surface area contributed by atoms with Gasteiger partial charge in [-0.1, -0.05) is 11.6 Å². The summed E-state index contributed by atoms with van der Waals surface area (Å²) < 4.78 is 4.63. The zero-order valence-corrected chi connectivity index (χ0v) is 9.84. The number of hydrogen-bond acceptors (Lipinski definition) is 6. The normalized spacial score (nSPS) is 9.89. The molecular weight excluding hydrogens is 268 g/mol. The van der Waals surface area contributed by atoms with Crippen LogP contribution in [0.2, 0.25) is 5.02 Å². The van der Waals surface area contributed by atoms with Crippen molar-refractivity contribution in [1.29, 1.82) is 0 Å². The molecule has 1 rings (SSSR count). The van der Waals surface area contributed by atoms with E-state index in [0.29, 0.717) is 0 Å². The number of nitro benzene ring substituents is 2. The van der Waals surface area contributed by atoms with Crippen LogP contribution >= 0.6 is 11.6 Å². The summed E-state index contributed by atoms with van der Waals surface area (Å²) in [6, 6.07) is 1.73. The number of carbonyl (C=O) groups excluding carboxylic acids is 1. The maximum Gasteiger partial charge on any atom is 0.364 e. The number of ether oxygens (including phenoxy) is 1. The zero-order chi connectivity index (χ0) is 13.9. The lowest BCUT2D eigenvalue weighted by molar-refractivity contribution is -0.422. The SMILES string of the molecule is CCOC(=O)c1cc(Cl)c([N+](=O)[O-])c([N+](=O)[O-])c1. The first kappa shape index (κ1) is 13.8. The predicted molar refractivity (Wildman–Crippen MR) is 60.7 cm³/mol. The van der Waals surface area contributed by atoms with Crippen molar-refractivity contribution in [2.45, 2.75) is 6.92 Å². The van der Waals surface area contributed by atoms with Gasteiger partial charge in [-0.2, -0.15) is 0 Å². The van der Waals surface area contributed by atoms with E-state index in [0.717, 1.165) is 12.1 Å². The summed E-state index contributed by atoms with van der Waals surface area (Å²) in [4.78, 5) is 30.8. The lowest BCUT2D eigenvalue weighted by Gasteiger charge is -2.03. The summed E-state index contributed by atoms with van der Waals surface area (Å²) in [6.45, 7) is 1.63. The smallest absolute Gasteiger partial charge is 0.364 e. The summed E-state index contributed by atoms with van der Waals surface area (Å²) in [5.41, 5.74) is -1.91. The molecule has 18 heavy (non-hydrogen) atoms. The molecule has 0 aliphatic rings. The second-order valence-corrected chi connectivity index (χ2v) is 3.47. The largest absolute Gasteiger partial charge is 0.462 e. The van der Waals surface area contributed by atoms with Crippen LogP contribution in [0.5, 0.6) is 0 Å². The lowest BCUT2D eigenvalue weighted by atomic mass is 10.1. The average molecular weight is 275 g/mol. The van der Waals surface area contributed by atoms with E-state index in [-0.39, 0.29) is 12.2 Å². The molecule has 9 heteroatoms. The van der Waals surface area contributed by atoms with Gasteiger partial charge in [0.1, 0.15) is 5.02 Å². The molecule has 0 heterocycles. The van der Waals surface area contributed by atoms with Crippen LogP contribution < -0.4 is 0 Å². The van der Waals surface area contributed by atoms with Crippen molar-refractivity contribution in [1.82, 2.24) is 0 Å². The van der Waals surface area contributed by atoms with Crippen molar-refractivity contribution < 1.29 is 19.4 Å². The van der Waals surface area contributed by atoms with Crippen molar-refractivity contribution in [3.63, 3.8) is 0 Å². The van der Waals surface area contributed by atoms with Gasteiger partial charge in [0.2, 0.25) is 0 Å². The van der Waals surface area contributed by atoms with E-state index in [2.05, 4.69) is 4.74 Å². The molecule has 0 N–H and O–H groups in total. The van der Waals surface area contributed by atoms with Crippen LogP contribution in [0.25, 0.3) is 0 Å². The highest BCUT2D eigenvalue weighted by Gasteiger charge is 2.30. The quantitative estimate of drug-likeness (QED) is 0.473. The monoisotopic (exact) mass is 274 g/mol. The van der Waals surface area contributed by atoms with Gasteiger partial charge in [0, 0.05) is 6.07 Å². The van der Waals surface area contributed by atoms with Gasteiger partial charge in [0.05, 0.1) is 22.0 Å². The average Bonchev–Trinajstić information content (AvgIpc) is 2.27. The fraction of sp³-hybridized carbons (Fsp3) is 0.222. The zero-order valence-electron chi connectivity index (χ0n) is 9.08. The van der Waals surface area contributed by atoms with Crippen molar-refractivity contribution >= 4 is 28.9 Å². The maximum absolute atomic E-state index is 11.4. The number of esters is 1. The lowest BCUT2D eigenvalue weighted by Crippen LogP contribution is -2.07. The van der Waals surface area contributed by atoms with Gasteiger partial charge in [0.15, 0.2) is 0 Å². The standard InChI is InChI=1S/C9H7ClN2O6/c1-2-18-9(13)5-3-6(10)8(12(16)17)7(4-5)11(14)15/h3-4H,2H2,1H3. The molecule has 0 bridgehead atoms. The molecule has 0 spiro atoms. The molecule has 1 aromatic carbocycles. The van der Waals surface area contributed by atoms with Crippen LogP contribution in [0.4, 0.5) is 11.4 Å². The summed E-state index contributed by atoms with van der Waals surface area (Å²) in [6.07, 6.45) is 0. The highest BCUT2D eigenvalue weighted by Crippen LogP contribution is 2.35. The summed E-state index contributed by atoms with van der Waals surface area (Å²) in [5, 5.41) is 20.9. The Bertz CT molecular complexity index is 530. The van der Waals surface area contributed by atoms with E-state index in [4.69, 9.17) is 11.6 Å². The molecule has 0 saturated carbocycles. The highest BCUT2D eigenvalue weighted by molar-refractivity contribution is 6.33. The minimum Gasteiger partial charge on any atom is -0.462 e. The first-order valence-corrected chi connectivity index (χ1v) is 5.05. The van der Waals surface area contributed by atoms with E-state index in [1.165, 1.54) is 0 Å². The van der Waals surface area contributed by atoms with E-state index in [1.54, 1.807) is 6.92 Å². The predicted octanol–water partition coefficient (Wildman–Crippen LogP) is 2.33. The summed E-state index contributed by atoms with van der Waals surface area (Å²) >= 11 is 5.56. The molecule has 0 radical (unpaired) electrons. The number of nitrogens with zero attached hydrogens (tertiary/aromatic N) is 2. The van der Waals surface area contributed by atoms with Gasteiger partial charge < -0.3 is 4.74 Å². The second kappa shape index (κ2) is 5.41. The highest BCUT2D eigenvalue weighted by atomic mass is 35.5. The van der Waals surface area contributed by atoms with Crippen molar-refractivity contribution in [2.75, 3.05) is 6.61 Å². The Morgan fingerprint density at radius 3 is 2.39 bits per heavy atom. The van der Waals surface area contributed by atoms with Gasteiger partial charge in [-0.25, -0.2) is 4.79 Å². The molecule has 0 fully saturated rings. The summed E-state index contributed by atoms with van der Waals surface area (Å²) in [5.74, 6) is -0.836. The maximum atomic E-state index is 11.4. The Hall–Kier alpha value is -2.22. The van der Waals surface area contributed by atoms with Crippen molar-refractivity contribution in [3.8, 4) is 0 Å². The van der Waals surface area contributed by atoms with Crippen LogP contribution in [-0.2, 0) is 4.74 Å². The molecule has 0 unspecified atom stereocenters. The van der Waals surface area contributed by atoms with E-state index in [9.17, 15) is 25.0 Å². The number of hydrogen-bond donors (Lipinski definition) is 0. The van der Waals surface area contributed by atoms with Crippen molar-refractivity contribution in [3.05, 3.63) is 42.9 Å². The number of nitro groups is 2. The fourth-order valence-electron chi connectivity index (χ4n) is 1.24. The third-order valence-electron chi connectivity index (χ3n) is 1.93. The third kappa shape index (κ3) is 2.72. The Balaban J connectivity index is 3.41. The van der Waals surface area contributed by atoms with Gasteiger partial charge in [-0.05, 0) is 13.0 Å².